The zero-order chi connectivity index (χ0) is 21.7. The molecule has 0 bridgehead atoms. The summed E-state index contributed by atoms with van der Waals surface area (Å²) >= 11 is 1.77. The molecule has 0 fully saturated rings. The summed E-state index contributed by atoms with van der Waals surface area (Å²) in [6.45, 7) is 4.47. The fourth-order valence-electron chi connectivity index (χ4n) is 2.74. The van der Waals surface area contributed by atoms with Crippen molar-refractivity contribution in [2.24, 2.45) is 4.99 Å². The zero-order valence-electron chi connectivity index (χ0n) is 18.0. The van der Waals surface area contributed by atoms with Gasteiger partial charge in [0, 0.05) is 49.9 Å². The van der Waals surface area contributed by atoms with Crippen LogP contribution in [0.1, 0.15) is 22.4 Å². The molecule has 3 rings (SSSR count). The first-order valence-electron chi connectivity index (χ1n) is 10.4. The fraction of sp³-hybridized carbons (Fsp3) is 0.348. The number of rotatable bonds is 11. The van der Waals surface area contributed by atoms with E-state index in [9.17, 15) is 0 Å². The fourth-order valence-corrected chi connectivity index (χ4v) is 3.61. The first-order valence-corrected chi connectivity index (χ1v) is 11.2. The Labute approximate surface area is 187 Å². The summed E-state index contributed by atoms with van der Waals surface area (Å²) in [5.41, 5.74) is 1.04. The van der Waals surface area contributed by atoms with Gasteiger partial charge < -0.3 is 20.1 Å². The Morgan fingerprint density at radius 3 is 2.55 bits per heavy atom. The minimum absolute atomic E-state index is 0.439. The van der Waals surface area contributed by atoms with E-state index in [1.807, 2.05) is 48.7 Å². The van der Waals surface area contributed by atoms with Crippen molar-refractivity contribution in [3.63, 3.8) is 0 Å². The molecule has 0 aliphatic heterocycles. The molecule has 2 N–H and O–H groups in total. The van der Waals surface area contributed by atoms with Crippen LogP contribution in [-0.4, -0.2) is 42.7 Å². The minimum Gasteiger partial charge on any atom is -0.490 e. The Balaban J connectivity index is 1.33. The zero-order valence-corrected chi connectivity index (χ0v) is 18.8. The molecule has 3 aromatic rings. The van der Waals surface area contributed by atoms with Gasteiger partial charge in [0.25, 0.3) is 0 Å². The van der Waals surface area contributed by atoms with Gasteiger partial charge in [-0.2, -0.15) is 0 Å². The number of ether oxygens (including phenoxy) is 2. The molecule has 0 radical (unpaired) electrons. The largest absolute Gasteiger partial charge is 0.490 e. The topological polar surface area (TPSA) is 80.7 Å². The van der Waals surface area contributed by atoms with Crippen LogP contribution in [0.2, 0.25) is 0 Å². The second-order valence-corrected chi connectivity index (χ2v) is 7.89. The molecule has 2 aromatic heterocycles. The molecule has 0 saturated carbocycles. The predicted octanol–water partition coefficient (Wildman–Crippen LogP) is 3.47. The molecule has 0 saturated heterocycles. The average molecular weight is 440 g/mol. The van der Waals surface area contributed by atoms with Gasteiger partial charge in [0.05, 0.1) is 5.01 Å². The number of thiazole rings is 1. The average Bonchev–Trinajstić information content (AvgIpc) is 3.28. The summed E-state index contributed by atoms with van der Waals surface area (Å²) in [6.07, 6.45) is 5.68. The number of pyridine rings is 1. The molecule has 0 amide bonds. The number of aryl methyl sites for hydroxylation is 1. The molecule has 0 aliphatic rings. The van der Waals surface area contributed by atoms with Gasteiger partial charge in [0.1, 0.15) is 19.0 Å². The first kappa shape index (κ1) is 22.6. The first-order chi connectivity index (χ1) is 15.3. The van der Waals surface area contributed by atoms with Crippen LogP contribution in [0.3, 0.4) is 0 Å². The van der Waals surface area contributed by atoms with Crippen molar-refractivity contribution < 1.29 is 9.47 Å². The number of para-hydroxylation sites is 1. The van der Waals surface area contributed by atoms with E-state index in [2.05, 4.69) is 32.5 Å². The van der Waals surface area contributed by atoms with E-state index >= 15 is 0 Å². The summed E-state index contributed by atoms with van der Waals surface area (Å²) in [6, 6.07) is 13.5. The lowest BCUT2D eigenvalue weighted by Gasteiger charge is -2.12. The van der Waals surface area contributed by atoms with Crippen LogP contribution < -0.4 is 20.1 Å². The van der Waals surface area contributed by atoms with Crippen LogP contribution >= 0.6 is 11.3 Å². The standard InChI is InChI=1S/C23H29N5O2S/c1-3-20-17-27-22(31-20)11-12-25-23(24-2)28-16-18-9-10-21(26-15-18)30-14-13-29-19-7-5-4-6-8-19/h4-10,15,17H,3,11-14,16H2,1-2H3,(H2,24,25,28). The normalized spacial score (nSPS) is 11.2. The second-order valence-electron chi connectivity index (χ2n) is 6.69. The lowest BCUT2D eigenvalue weighted by Crippen LogP contribution is -2.37. The van der Waals surface area contributed by atoms with Crippen LogP contribution in [0.4, 0.5) is 0 Å². The molecule has 7 nitrogen and oxygen atoms in total. The number of aromatic nitrogens is 2. The van der Waals surface area contributed by atoms with Gasteiger partial charge >= 0.3 is 0 Å². The molecule has 1 aromatic carbocycles. The van der Waals surface area contributed by atoms with E-state index in [0.717, 1.165) is 41.7 Å². The summed E-state index contributed by atoms with van der Waals surface area (Å²) < 4.78 is 11.2. The molecular formula is C23H29N5O2S. The summed E-state index contributed by atoms with van der Waals surface area (Å²) in [4.78, 5) is 14.4. The maximum atomic E-state index is 5.64. The van der Waals surface area contributed by atoms with Gasteiger partial charge in [-0.05, 0) is 24.1 Å². The highest BCUT2D eigenvalue weighted by molar-refractivity contribution is 7.11. The van der Waals surface area contributed by atoms with Gasteiger partial charge in [-0.25, -0.2) is 9.97 Å². The minimum atomic E-state index is 0.439. The number of benzene rings is 1. The van der Waals surface area contributed by atoms with E-state index in [-0.39, 0.29) is 0 Å². The molecule has 164 valence electrons. The predicted molar refractivity (Wildman–Crippen MR) is 125 cm³/mol. The van der Waals surface area contributed by atoms with E-state index in [1.165, 1.54) is 4.88 Å². The number of guanidine groups is 1. The van der Waals surface area contributed by atoms with Crippen molar-refractivity contribution in [2.75, 3.05) is 26.8 Å². The van der Waals surface area contributed by atoms with E-state index in [4.69, 9.17) is 9.47 Å². The lowest BCUT2D eigenvalue weighted by molar-refractivity contribution is 0.212. The molecule has 0 unspecified atom stereocenters. The van der Waals surface area contributed by atoms with Crippen LogP contribution in [0.25, 0.3) is 0 Å². The highest BCUT2D eigenvalue weighted by Crippen LogP contribution is 2.13. The maximum absolute atomic E-state index is 5.64. The van der Waals surface area contributed by atoms with Crippen molar-refractivity contribution in [3.8, 4) is 11.6 Å². The monoisotopic (exact) mass is 439 g/mol. The molecule has 0 spiro atoms. The van der Waals surface area contributed by atoms with E-state index < -0.39 is 0 Å². The number of hydrogen-bond acceptors (Lipinski definition) is 6. The second kappa shape index (κ2) is 12.5. The molecule has 31 heavy (non-hydrogen) atoms. The number of nitrogens with zero attached hydrogens (tertiary/aromatic N) is 3. The number of hydrogen-bond donors (Lipinski definition) is 2. The quantitative estimate of drug-likeness (QED) is 0.271. The lowest BCUT2D eigenvalue weighted by atomic mass is 10.3. The number of nitrogens with one attached hydrogen (secondary N) is 2. The third-order valence-electron chi connectivity index (χ3n) is 4.41. The van der Waals surface area contributed by atoms with E-state index in [0.29, 0.717) is 25.6 Å². The third-order valence-corrected chi connectivity index (χ3v) is 5.61. The summed E-state index contributed by atoms with van der Waals surface area (Å²) in [5, 5.41) is 7.77. The summed E-state index contributed by atoms with van der Waals surface area (Å²) in [7, 11) is 1.76. The van der Waals surface area contributed by atoms with Crippen LogP contribution in [-0.2, 0) is 19.4 Å². The summed E-state index contributed by atoms with van der Waals surface area (Å²) in [5.74, 6) is 2.17. The third kappa shape index (κ3) is 7.90. The molecule has 8 heteroatoms. The van der Waals surface area contributed by atoms with Crippen molar-refractivity contribution in [1.29, 1.82) is 0 Å². The van der Waals surface area contributed by atoms with Crippen molar-refractivity contribution >= 4 is 17.3 Å². The maximum Gasteiger partial charge on any atom is 0.213 e. The highest BCUT2D eigenvalue weighted by Gasteiger charge is 2.03. The Morgan fingerprint density at radius 2 is 1.84 bits per heavy atom. The molecule has 0 aliphatic carbocycles. The van der Waals surface area contributed by atoms with Gasteiger partial charge in [-0.3, -0.25) is 4.99 Å². The van der Waals surface area contributed by atoms with Crippen LogP contribution in [0.15, 0.2) is 59.9 Å². The van der Waals surface area contributed by atoms with E-state index in [1.54, 1.807) is 24.6 Å². The van der Waals surface area contributed by atoms with Crippen molar-refractivity contribution in [3.05, 3.63) is 70.3 Å². The van der Waals surface area contributed by atoms with Gasteiger partial charge in [-0.15, -0.1) is 11.3 Å². The Hall–Kier alpha value is -3.13. The Bertz CT molecular complexity index is 929. The number of aliphatic imine (C=N–C) groups is 1. The van der Waals surface area contributed by atoms with Gasteiger partial charge in [-0.1, -0.05) is 31.2 Å². The Morgan fingerprint density at radius 1 is 1.00 bits per heavy atom. The highest BCUT2D eigenvalue weighted by atomic mass is 32.1. The Kier molecular flexibility index (Phi) is 9.12. The molecule has 2 heterocycles. The van der Waals surface area contributed by atoms with Crippen molar-refractivity contribution in [1.82, 2.24) is 20.6 Å². The molecular weight excluding hydrogens is 410 g/mol. The SMILES string of the molecule is CCc1cnc(CCNC(=NC)NCc2ccc(OCCOc3ccccc3)nc2)s1. The smallest absolute Gasteiger partial charge is 0.213 e. The molecule has 0 atom stereocenters. The van der Waals surface area contributed by atoms with Crippen molar-refractivity contribution in [2.45, 2.75) is 26.3 Å². The van der Waals surface area contributed by atoms with Gasteiger partial charge in [0.15, 0.2) is 5.96 Å². The van der Waals surface area contributed by atoms with Crippen LogP contribution in [0, 0.1) is 0 Å². The van der Waals surface area contributed by atoms with Gasteiger partial charge in [0.2, 0.25) is 5.88 Å². The van der Waals surface area contributed by atoms with Crippen LogP contribution in [0.5, 0.6) is 11.6 Å².